The van der Waals surface area contributed by atoms with Crippen molar-refractivity contribution in [3.63, 3.8) is 0 Å². The summed E-state index contributed by atoms with van der Waals surface area (Å²) < 4.78 is 0. The van der Waals surface area contributed by atoms with Crippen LogP contribution in [-0.2, 0) is 0 Å². The minimum atomic E-state index is -0.0223. The number of carbonyl (C=O) groups excluding carboxylic acids is 1. The van der Waals surface area contributed by atoms with E-state index < -0.39 is 0 Å². The van der Waals surface area contributed by atoms with Crippen LogP contribution in [0.5, 0.6) is 0 Å². The first-order valence-electron chi connectivity index (χ1n) is 7.34. The zero-order valence-electron chi connectivity index (χ0n) is 11.9. The van der Waals surface area contributed by atoms with E-state index >= 15 is 0 Å². The van der Waals surface area contributed by atoms with Crippen molar-refractivity contribution in [1.82, 2.24) is 5.01 Å². The standard InChI is InChI=1S/C18H18N2O/c21-18(16-11-5-2-6-12-16)20-14-8-7-13-17(19-20)15-9-3-1-4-10-15/h1-6,9-12H,7-8,13-14H2. The van der Waals surface area contributed by atoms with E-state index in [0.29, 0.717) is 12.1 Å². The average Bonchev–Trinajstić information content (AvgIpc) is 2.82. The number of benzene rings is 2. The largest absolute Gasteiger partial charge is 0.273 e. The van der Waals surface area contributed by atoms with Gasteiger partial charge in [0.2, 0.25) is 0 Å². The Labute approximate surface area is 124 Å². The quantitative estimate of drug-likeness (QED) is 0.824. The van der Waals surface area contributed by atoms with Crippen LogP contribution in [0.4, 0.5) is 0 Å². The SMILES string of the molecule is O=C(c1ccccc1)N1CCCCC(c2ccccc2)=N1. The number of amides is 1. The molecule has 0 aliphatic carbocycles. The van der Waals surface area contributed by atoms with Gasteiger partial charge in [-0.1, -0.05) is 48.5 Å². The number of carbonyl (C=O) groups is 1. The van der Waals surface area contributed by atoms with E-state index in [1.165, 1.54) is 0 Å². The summed E-state index contributed by atoms with van der Waals surface area (Å²) in [7, 11) is 0. The molecule has 0 atom stereocenters. The maximum Gasteiger partial charge on any atom is 0.273 e. The molecule has 3 rings (SSSR count). The predicted molar refractivity (Wildman–Crippen MR) is 84.3 cm³/mol. The highest BCUT2D eigenvalue weighted by Gasteiger charge is 2.18. The van der Waals surface area contributed by atoms with Crippen molar-refractivity contribution in [3.8, 4) is 0 Å². The van der Waals surface area contributed by atoms with Gasteiger partial charge in [-0.15, -0.1) is 0 Å². The lowest BCUT2D eigenvalue weighted by atomic mass is 10.1. The monoisotopic (exact) mass is 278 g/mol. The van der Waals surface area contributed by atoms with Gasteiger partial charge in [0.25, 0.3) is 5.91 Å². The Morgan fingerprint density at radius 1 is 0.905 bits per heavy atom. The molecule has 0 N–H and O–H groups in total. The van der Waals surface area contributed by atoms with E-state index in [0.717, 1.165) is 30.5 Å². The van der Waals surface area contributed by atoms with Gasteiger partial charge in [-0.2, -0.15) is 5.10 Å². The van der Waals surface area contributed by atoms with Gasteiger partial charge in [0, 0.05) is 12.1 Å². The minimum Gasteiger partial charge on any atom is -0.267 e. The molecule has 0 radical (unpaired) electrons. The molecule has 1 amide bonds. The fraction of sp³-hybridized carbons (Fsp3) is 0.222. The fourth-order valence-electron chi connectivity index (χ4n) is 2.51. The molecule has 106 valence electrons. The van der Waals surface area contributed by atoms with E-state index in [4.69, 9.17) is 0 Å². The van der Waals surface area contributed by atoms with E-state index in [1.54, 1.807) is 5.01 Å². The van der Waals surface area contributed by atoms with Crippen molar-refractivity contribution < 1.29 is 4.79 Å². The molecule has 3 heteroatoms. The maximum atomic E-state index is 12.5. The van der Waals surface area contributed by atoms with Crippen LogP contribution in [0.25, 0.3) is 0 Å². The van der Waals surface area contributed by atoms with Crippen molar-refractivity contribution in [2.75, 3.05) is 6.54 Å². The van der Waals surface area contributed by atoms with Gasteiger partial charge < -0.3 is 0 Å². The summed E-state index contributed by atoms with van der Waals surface area (Å²) in [5.41, 5.74) is 2.79. The molecule has 1 heterocycles. The summed E-state index contributed by atoms with van der Waals surface area (Å²) in [4.78, 5) is 12.5. The zero-order chi connectivity index (χ0) is 14.5. The first kappa shape index (κ1) is 13.6. The van der Waals surface area contributed by atoms with Crippen LogP contribution < -0.4 is 0 Å². The van der Waals surface area contributed by atoms with Crippen LogP contribution in [0, 0.1) is 0 Å². The molecule has 0 aromatic heterocycles. The highest BCUT2D eigenvalue weighted by atomic mass is 16.2. The number of rotatable bonds is 2. The van der Waals surface area contributed by atoms with Crippen molar-refractivity contribution >= 4 is 11.6 Å². The molecule has 21 heavy (non-hydrogen) atoms. The second-order valence-corrected chi connectivity index (χ2v) is 5.16. The van der Waals surface area contributed by atoms with Gasteiger partial charge in [-0.25, -0.2) is 5.01 Å². The molecular formula is C18H18N2O. The molecule has 1 aliphatic heterocycles. The van der Waals surface area contributed by atoms with Crippen LogP contribution in [0.1, 0.15) is 35.2 Å². The Hall–Kier alpha value is -2.42. The van der Waals surface area contributed by atoms with Gasteiger partial charge in [0.15, 0.2) is 0 Å². The third kappa shape index (κ3) is 3.19. The first-order chi connectivity index (χ1) is 10.3. The number of hydrogen-bond acceptors (Lipinski definition) is 2. The summed E-state index contributed by atoms with van der Waals surface area (Å²) in [5.74, 6) is -0.0223. The second kappa shape index (κ2) is 6.35. The Morgan fingerprint density at radius 2 is 1.57 bits per heavy atom. The van der Waals surface area contributed by atoms with E-state index in [1.807, 2.05) is 48.5 Å². The van der Waals surface area contributed by atoms with Crippen molar-refractivity contribution in [1.29, 1.82) is 0 Å². The molecular weight excluding hydrogens is 260 g/mol. The fourth-order valence-corrected chi connectivity index (χ4v) is 2.51. The molecule has 3 nitrogen and oxygen atoms in total. The van der Waals surface area contributed by atoms with Gasteiger partial charge in [0.05, 0.1) is 5.71 Å². The summed E-state index contributed by atoms with van der Waals surface area (Å²) in [6.45, 7) is 0.685. The lowest BCUT2D eigenvalue weighted by Gasteiger charge is -2.16. The third-order valence-corrected chi connectivity index (χ3v) is 3.64. The van der Waals surface area contributed by atoms with Crippen LogP contribution >= 0.6 is 0 Å². The van der Waals surface area contributed by atoms with E-state index in [9.17, 15) is 4.79 Å². The summed E-state index contributed by atoms with van der Waals surface area (Å²) in [5, 5.41) is 6.24. The van der Waals surface area contributed by atoms with Gasteiger partial charge in [-0.3, -0.25) is 4.79 Å². The van der Waals surface area contributed by atoms with Crippen molar-refractivity contribution in [2.45, 2.75) is 19.3 Å². The van der Waals surface area contributed by atoms with Crippen LogP contribution in [-0.4, -0.2) is 23.2 Å². The number of hydrogen-bond donors (Lipinski definition) is 0. The van der Waals surface area contributed by atoms with Gasteiger partial charge in [0.1, 0.15) is 0 Å². The molecule has 0 bridgehead atoms. The molecule has 0 unspecified atom stereocenters. The highest BCUT2D eigenvalue weighted by Crippen LogP contribution is 2.16. The lowest BCUT2D eigenvalue weighted by molar-refractivity contribution is 0.0761. The average molecular weight is 278 g/mol. The Kier molecular flexibility index (Phi) is 4.10. The van der Waals surface area contributed by atoms with Crippen LogP contribution in [0.3, 0.4) is 0 Å². The predicted octanol–water partition coefficient (Wildman–Crippen LogP) is 3.72. The molecule has 2 aromatic rings. The lowest BCUT2D eigenvalue weighted by Crippen LogP contribution is -2.27. The Balaban J connectivity index is 1.89. The topological polar surface area (TPSA) is 32.7 Å². The van der Waals surface area contributed by atoms with E-state index in [-0.39, 0.29) is 5.91 Å². The summed E-state index contributed by atoms with van der Waals surface area (Å²) >= 11 is 0. The maximum absolute atomic E-state index is 12.5. The summed E-state index contributed by atoms with van der Waals surface area (Å²) in [6, 6.07) is 19.5. The van der Waals surface area contributed by atoms with Crippen LogP contribution in [0.2, 0.25) is 0 Å². The number of hydrazone groups is 1. The molecule has 1 aliphatic rings. The number of nitrogens with zero attached hydrogens (tertiary/aromatic N) is 2. The molecule has 2 aromatic carbocycles. The van der Waals surface area contributed by atoms with Crippen LogP contribution in [0.15, 0.2) is 65.8 Å². The molecule has 0 spiro atoms. The third-order valence-electron chi connectivity index (χ3n) is 3.64. The van der Waals surface area contributed by atoms with Crippen molar-refractivity contribution in [3.05, 3.63) is 71.8 Å². The van der Waals surface area contributed by atoms with E-state index in [2.05, 4.69) is 17.2 Å². The van der Waals surface area contributed by atoms with Crippen molar-refractivity contribution in [2.24, 2.45) is 5.10 Å². The first-order valence-corrected chi connectivity index (χ1v) is 7.34. The molecule has 0 saturated heterocycles. The minimum absolute atomic E-state index is 0.0223. The van der Waals surface area contributed by atoms with Gasteiger partial charge in [-0.05, 0) is 37.0 Å². The summed E-state index contributed by atoms with van der Waals surface area (Å²) in [6.07, 6.45) is 2.97. The second-order valence-electron chi connectivity index (χ2n) is 5.16. The van der Waals surface area contributed by atoms with Gasteiger partial charge >= 0.3 is 0 Å². The normalized spacial score (nSPS) is 15.2. The highest BCUT2D eigenvalue weighted by molar-refractivity contribution is 6.02. The molecule has 0 saturated carbocycles. The smallest absolute Gasteiger partial charge is 0.267 e. The molecule has 0 fully saturated rings. The zero-order valence-corrected chi connectivity index (χ0v) is 11.9. The Bertz CT molecular complexity index is 635. The Morgan fingerprint density at radius 3 is 2.29 bits per heavy atom.